The van der Waals surface area contributed by atoms with Crippen LogP contribution in [0.15, 0.2) is 34.7 Å². The SMILES string of the molecule is O=C(O)c1ccccc1-c1nnc(-c2cc([N+](=O)[O-])c(Cl)c([N+](=O)[O-])c2Cl)o1. The van der Waals surface area contributed by atoms with Gasteiger partial charge < -0.3 is 9.52 Å². The molecule has 0 radical (unpaired) electrons. The minimum Gasteiger partial charge on any atom is -0.478 e. The minimum atomic E-state index is -1.24. The van der Waals surface area contributed by atoms with Crippen LogP contribution in [0.4, 0.5) is 11.4 Å². The molecule has 0 unspecified atom stereocenters. The maximum Gasteiger partial charge on any atom is 0.336 e. The average Bonchev–Trinajstić information content (AvgIpc) is 3.11. The molecule has 3 rings (SSSR count). The molecule has 0 atom stereocenters. The van der Waals surface area contributed by atoms with E-state index in [1.54, 1.807) is 0 Å². The van der Waals surface area contributed by atoms with Crippen LogP contribution in [0, 0.1) is 20.2 Å². The third kappa shape index (κ3) is 3.23. The number of hydrogen-bond acceptors (Lipinski definition) is 8. The summed E-state index contributed by atoms with van der Waals surface area (Å²) in [5.74, 6) is -1.85. The Balaban J connectivity index is 2.21. The topological polar surface area (TPSA) is 162 Å². The maximum atomic E-state index is 11.3. The molecule has 13 heteroatoms. The molecule has 142 valence electrons. The van der Waals surface area contributed by atoms with Crippen molar-refractivity contribution in [2.75, 3.05) is 0 Å². The first-order chi connectivity index (χ1) is 13.2. The number of benzene rings is 2. The van der Waals surface area contributed by atoms with E-state index in [4.69, 9.17) is 27.6 Å². The van der Waals surface area contributed by atoms with E-state index in [0.29, 0.717) is 0 Å². The van der Waals surface area contributed by atoms with Gasteiger partial charge in [-0.15, -0.1) is 10.2 Å². The highest BCUT2D eigenvalue weighted by Gasteiger charge is 2.32. The van der Waals surface area contributed by atoms with Gasteiger partial charge in [-0.1, -0.05) is 35.3 Å². The van der Waals surface area contributed by atoms with Crippen molar-refractivity contribution in [3.05, 3.63) is 66.2 Å². The number of aromatic nitrogens is 2. The fourth-order valence-electron chi connectivity index (χ4n) is 2.35. The summed E-state index contributed by atoms with van der Waals surface area (Å²) in [5, 5.41) is 37.7. The number of aromatic carboxylic acids is 1. The van der Waals surface area contributed by atoms with Gasteiger partial charge in [0.05, 0.1) is 26.5 Å². The Bertz CT molecular complexity index is 1150. The third-order valence-electron chi connectivity index (χ3n) is 3.58. The molecular formula is C15H6Cl2N4O7. The summed E-state index contributed by atoms with van der Waals surface area (Å²) >= 11 is 11.7. The molecule has 0 aliphatic rings. The fraction of sp³-hybridized carbons (Fsp3) is 0. The highest BCUT2D eigenvalue weighted by Crippen LogP contribution is 2.45. The van der Waals surface area contributed by atoms with Gasteiger partial charge in [-0.05, 0) is 12.1 Å². The summed E-state index contributed by atoms with van der Waals surface area (Å²) in [5.41, 5.74) is -2.01. The molecule has 0 aliphatic heterocycles. The molecule has 3 aromatic rings. The molecule has 28 heavy (non-hydrogen) atoms. The van der Waals surface area contributed by atoms with Gasteiger partial charge in [0.15, 0.2) is 5.02 Å². The lowest BCUT2D eigenvalue weighted by molar-refractivity contribution is -0.393. The van der Waals surface area contributed by atoms with E-state index < -0.39 is 37.2 Å². The van der Waals surface area contributed by atoms with Crippen molar-refractivity contribution in [2.45, 2.75) is 0 Å². The molecule has 1 N–H and O–H groups in total. The minimum absolute atomic E-state index is 0.0860. The van der Waals surface area contributed by atoms with Gasteiger partial charge >= 0.3 is 11.7 Å². The molecule has 1 aromatic heterocycles. The van der Waals surface area contributed by atoms with Crippen LogP contribution >= 0.6 is 23.2 Å². The number of hydrogen-bond donors (Lipinski definition) is 1. The van der Waals surface area contributed by atoms with Crippen LogP contribution in [-0.2, 0) is 0 Å². The number of carboxylic acid groups (broad SMARTS) is 1. The van der Waals surface area contributed by atoms with Gasteiger partial charge in [0, 0.05) is 6.07 Å². The van der Waals surface area contributed by atoms with Crippen molar-refractivity contribution < 1.29 is 24.2 Å². The summed E-state index contributed by atoms with van der Waals surface area (Å²) < 4.78 is 5.38. The molecule has 1 heterocycles. The molecule has 0 bridgehead atoms. The van der Waals surface area contributed by atoms with Crippen molar-refractivity contribution in [1.82, 2.24) is 10.2 Å². The first kappa shape index (κ1) is 19.2. The van der Waals surface area contributed by atoms with Gasteiger partial charge in [-0.25, -0.2) is 4.79 Å². The van der Waals surface area contributed by atoms with E-state index in [-0.39, 0.29) is 28.5 Å². The van der Waals surface area contributed by atoms with Gasteiger partial charge in [0.2, 0.25) is 11.8 Å². The standard InChI is InChI=1S/C15H6Cl2N4O7/c16-10-8(5-9(20(24)25)11(17)12(10)21(26)27)14-19-18-13(28-14)6-3-1-2-4-7(6)15(22)23/h1-5H,(H,22,23). The second-order valence-corrected chi connectivity index (χ2v) is 5.95. The zero-order chi connectivity index (χ0) is 20.6. The molecular weight excluding hydrogens is 419 g/mol. The van der Waals surface area contributed by atoms with Crippen molar-refractivity contribution >= 4 is 40.5 Å². The monoisotopic (exact) mass is 424 g/mol. The van der Waals surface area contributed by atoms with Crippen LogP contribution in [0.1, 0.15) is 10.4 Å². The van der Waals surface area contributed by atoms with Crippen LogP contribution in [0.25, 0.3) is 22.9 Å². The second kappa shape index (κ2) is 7.21. The Labute approximate surface area is 164 Å². The van der Waals surface area contributed by atoms with Crippen LogP contribution in [-0.4, -0.2) is 31.1 Å². The van der Waals surface area contributed by atoms with E-state index in [9.17, 15) is 30.1 Å². The molecule has 11 nitrogen and oxygen atoms in total. The molecule has 0 saturated carbocycles. The van der Waals surface area contributed by atoms with Gasteiger partial charge in [0.1, 0.15) is 5.02 Å². The lowest BCUT2D eigenvalue weighted by Gasteiger charge is -2.04. The summed E-state index contributed by atoms with van der Waals surface area (Å²) in [6.07, 6.45) is 0. The first-order valence-corrected chi connectivity index (χ1v) is 7.95. The summed E-state index contributed by atoms with van der Waals surface area (Å²) in [7, 11) is 0. The fourth-order valence-corrected chi connectivity index (χ4v) is 2.99. The lowest BCUT2D eigenvalue weighted by atomic mass is 10.1. The van der Waals surface area contributed by atoms with E-state index >= 15 is 0 Å². The molecule has 0 saturated heterocycles. The number of carbonyl (C=O) groups is 1. The average molecular weight is 425 g/mol. The van der Waals surface area contributed by atoms with Crippen molar-refractivity contribution in [1.29, 1.82) is 0 Å². The maximum absolute atomic E-state index is 11.3. The van der Waals surface area contributed by atoms with Crippen molar-refractivity contribution in [2.24, 2.45) is 0 Å². The number of nitro benzene ring substituents is 2. The Morgan fingerprint density at radius 1 is 1.00 bits per heavy atom. The predicted octanol–water partition coefficient (Wildman–Crippen LogP) is 4.23. The molecule has 2 aromatic carbocycles. The van der Waals surface area contributed by atoms with E-state index in [0.717, 1.165) is 6.07 Å². The molecule has 0 amide bonds. The van der Waals surface area contributed by atoms with Crippen molar-refractivity contribution in [3.63, 3.8) is 0 Å². The highest BCUT2D eigenvalue weighted by atomic mass is 35.5. The Hall–Kier alpha value is -3.57. The smallest absolute Gasteiger partial charge is 0.336 e. The van der Waals surface area contributed by atoms with Crippen molar-refractivity contribution in [3.8, 4) is 22.9 Å². The Morgan fingerprint density at radius 3 is 2.18 bits per heavy atom. The normalized spacial score (nSPS) is 10.6. The van der Waals surface area contributed by atoms with Gasteiger partial charge in [-0.2, -0.15) is 0 Å². The van der Waals surface area contributed by atoms with Crippen LogP contribution < -0.4 is 0 Å². The van der Waals surface area contributed by atoms with E-state index in [1.165, 1.54) is 24.3 Å². The van der Waals surface area contributed by atoms with Crippen LogP contribution in [0.2, 0.25) is 10.0 Å². The third-order valence-corrected chi connectivity index (χ3v) is 4.34. The highest BCUT2D eigenvalue weighted by molar-refractivity contribution is 6.41. The van der Waals surface area contributed by atoms with Gasteiger partial charge in [0.25, 0.3) is 5.69 Å². The van der Waals surface area contributed by atoms with Crippen LogP contribution in [0.3, 0.4) is 0 Å². The Morgan fingerprint density at radius 2 is 1.61 bits per heavy atom. The number of nitrogens with zero attached hydrogens (tertiary/aromatic N) is 4. The Kier molecular flexibility index (Phi) is 4.94. The lowest BCUT2D eigenvalue weighted by Crippen LogP contribution is -1.99. The second-order valence-electron chi connectivity index (χ2n) is 5.20. The number of carboxylic acids is 1. The summed E-state index contributed by atoms with van der Waals surface area (Å²) in [6.45, 7) is 0. The van der Waals surface area contributed by atoms with E-state index in [2.05, 4.69) is 10.2 Å². The molecule has 0 spiro atoms. The van der Waals surface area contributed by atoms with E-state index in [1.807, 2.05) is 0 Å². The van der Waals surface area contributed by atoms with Crippen LogP contribution in [0.5, 0.6) is 0 Å². The summed E-state index contributed by atoms with van der Waals surface area (Å²) in [4.78, 5) is 31.8. The quantitative estimate of drug-likeness (QED) is 0.465. The zero-order valence-electron chi connectivity index (χ0n) is 13.3. The predicted molar refractivity (Wildman–Crippen MR) is 95.5 cm³/mol. The molecule has 0 fully saturated rings. The number of rotatable bonds is 5. The summed E-state index contributed by atoms with van der Waals surface area (Å²) in [6, 6.07) is 6.61. The zero-order valence-corrected chi connectivity index (χ0v) is 14.8. The molecule has 0 aliphatic carbocycles. The first-order valence-electron chi connectivity index (χ1n) is 7.19. The number of halogens is 2. The van der Waals surface area contributed by atoms with Gasteiger partial charge in [-0.3, -0.25) is 20.2 Å². The number of nitro groups is 2. The largest absolute Gasteiger partial charge is 0.478 e.